The van der Waals surface area contributed by atoms with Crippen molar-refractivity contribution in [3.05, 3.63) is 0 Å². The fourth-order valence-corrected chi connectivity index (χ4v) is 15.8. The van der Waals surface area contributed by atoms with Gasteiger partial charge in [0.15, 0.2) is 0 Å². The summed E-state index contributed by atoms with van der Waals surface area (Å²) in [5.74, 6) is 22.5. The van der Waals surface area contributed by atoms with Gasteiger partial charge in [-0.25, -0.2) is 0 Å². The van der Waals surface area contributed by atoms with Gasteiger partial charge in [-0.15, -0.1) is 0 Å². The fraction of sp³-hybridized carbons (Fsp3) is 1.00. The molecule has 20 atom stereocenters. The lowest BCUT2D eigenvalue weighted by atomic mass is 9.64. The summed E-state index contributed by atoms with van der Waals surface area (Å²) in [6.07, 6.45) is 20.5. The Hall–Kier alpha value is 0. The molecule has 0 nitrogen and oxygen atoms in total. The van der Waals surface area contributed by atoms with Crippen LogP contribution in [0.3, 0.4) is 0 Å². The smallest absolute Gasteiger partial charge is 0.0321 e. The van der Waals surface area contributed by atoms with Crippen molar-refractivity contribution in [2.75, 3.05) is 0 Å². The topological polar surface area (TPSA) is 0 Å². The van der Waals surface area contributed by atoms with Gasteiger partial charge in [0.05, 0.1) is 0 Å². The maximum Gasteiger partial charge on any atom is -0.0321 e. The van der Waals surface area contributed by atoms with Crippen LogP contribution in [-0.4, -0.2) is 0 Å². The van der Waals surface area contributed by atoms with Crippen LogP contribution in [0.15, 0.2) is 0 Å². The fourth-order valence-electron chi connectivity index (χ4n) is 15.8. The first-order valence-electron chi connectivity index (χ1n) is 24.8. The first kappa shape index (κ1) is 47.2. The SMILES string of the molecule is CC.CC.CC.CC.CC.CC.CC1C(C)C2CC1C1C3CCC(C3)C21.CC1C(C)C2CC1C1CCCC21.CC1C(C)C2CC1C1CCCCC21. The predicted molar refractivity (Wildman–Crippen MR) is 232 cm³/mol. The predicted octanol–water partition coefficient (Wildman–Crippen LogP) is 16.8. The average Bonchev–Trinajstić information content (AvgIpc) is 4.07. The molecule has 10 rings (SSSR count). The van der Waals surface area contributed by atoms with Gasteiger partial charge in [0.1, 0.15) is 0 Å². The zero-order valence-electron chi connectivity index (χ0n) is 38.7. The van der Waals surface area contributed by atoms with Crippen molar-refractivity contribution < 1.29 is 0 Å². The Morgan fingerprint density at radius 2 is 0.471 bits per heavy atom. The zero-order chi connectivity index (χ0) is 38.7. The highest BCUT2D eigenvalue weighted by Crippen LogP contribution is 2.70. The highest BCUT2D eigenvalue weighted by atomic mass is 14.7. The van der Waals surface area contributed by atoms with E-state index in [1.165, 1.54) is 48.3 Å². The van der Waals surface area contributed by atoms with Crippen molar-refractivity contribution in [3.8, 4) is 0 Å². The molecule has 10 aliphatic carbocycles. The van der Waals surface area contributed by atoms with E-state index in [0.29, 0.717) is 0 Å². The minimum absolute atomic E-state index is 1.05. The van der Waals surface area contributed by atoms with E-state index >= 15 is 0 Å². The molecular formula is C51H100. The standard InChI is InChI=1S/C14H22.C13H22.C12H20.6C2H6/c1-7-8(2)12-6-11(7)13-9-3-4-10(5-9)14(12)13;1-8-9(2)13-7-12(8)10-5-3-4-6-11(10)13;1-7-8(2)12-6-11(7)9-4-3-5-10(9)12;6*1-2/h7-14H,3-6H2,1-2H3;8-13H,3-7H2,1-2H3;7-12H,3-6H2,1-2H3;6*1-2H3. The summed E-state index contributed by atoms with van der Waals surface area (Å²) in [5.41, 5.74) is 0. The minimum atomic E-state index is 1.05. The van der Waals surface area contributed by atoms with Crippen molar-refractivity contribution in [1.29, 1.82) is 0 Å². The second-order valence-corrected chi connectivity index (χ2v) is 18.2. The van der Waals surface area contributed by atoms with Gasteiger partial charge < -0.3 is 0 Å². The van der Waals surface area contributed by atoms with Crippen LogP contribution in [0.4, 0.5) is 0 Å². The summed E-state index contributed by atoms with van der Waals surface area (Å²) in [4.78, 5) is 0. The molecule has 0 aromatic heterocycles. The largest absolute Gasteiger partial charge is 0.0683 e. The molecule has 8 bridgehead atoms. The molecule has 10 aliphatic rings. The van der Waals surface area contributed by atoms with Gasteiger partial charge in [0.25, 0.3) is 0 Å². The first-order valence-corrected chi connectivity index (χ1v) is 24.8. The molecule has 0 radical (unpaired) electrons. The summed E-state index contributed by atoms with van der Waals surface area (Å²) in [6, 6.07) is 0. The van der Waals surface area contributed by atoms with Crippen LogP contribution in [0, 0.1) is 118 Å². The van der Waals surface area contributed by atoms with Gasteiger partial charge in [-0.2, -0.15) is 0 Å². The second kappa shape index (κ2) is 22.5. The van der Waals surface area contributed by atoms with Crippen molar-refractivity contribution in [1.82, 2.24) is 0 Å². The maximum absolute atomic E-state index is 2.54. The molecule has 0 amide bonds. The Morgan fingerprint density at radius 3 is 0.765 bits per heavy atom. The minimum Gasteiger partial charge on any atom is -0.0683 e. The molecule has 0 N–H and O–H groups in total. The summed E-state index contributed by atoms with van der Waals surface area (Å²) >= 11 is 0. The molecule has 0 aliphatic heterocycles. The van der Waals surface area contributed by atoms with Crippen LogP contribution in [-0.2, 0) is 0 Å². The molecule has 20 unspecified atom stereocenters. The Kier molecular flexibility index (Phi) is 20.8. The Bertz CT molecular complexity index is 832. The Morgan fingerprint density at radius 1 is 0.235 bits per heavy atom. The zero-order valence-corrected chi connectivity index (χ0v) is 38.7. The first-order chi connectivity index (χ1) is 24.8. The Labute approximate surface area is 325 Å². The van der Waals surface area contributed by atoms with E-state index in [2.05, 4.69) is 41.5 Å². The molecule has 0 saturated heterocycles. The van der Waals surface area contributed by atoms with Crippen molar-refractivity contribution in [3.63, 3.8) is 0 Å². The number of fused-ring (bicyclic) bond motifs is 19. The van der Waals surface area contributed by atoms with Gasteiger partial charge in [-0.05, 0) is 183 Å². The number of hydrogen-bond donors (Lipinski definition) is 0. The molecule has 10 fully saturated rings. The van der Waals surface area contributed by atoms with Crippen LogP contribution in [0.5, 0.6) is 0 Å². The van der Waals surface area contributed by atoms with E-state index in [1.807, 2.05) is 83.1 Å². The molecule has 304 valence electrons. The molecule has 0 heterocycles. The summed E-state index contributed by atoms with van der Waals surface area (Å²) in [6.45, 7) is 39.1. The number of hydrogen-bond acceptors (Lipinski definition) is 0. The molecule has 0 spiro atoms. The van der Waals surface area contributed by atoms with Gasteiger partial charge >= 0.3 is 0 Å². The monoisotopic (exact) mass is 713 g/mol. The quantitative estimate of drug-likeness (QED) is 0.219. The van der Waals surface area contributed by atoms with Crippen LogP contribution in [0.1, 0.15) is 208 Å². The lowest BCUT2D eigenvalue weighted by Gasteiger charge is -2.41. The van der Waals surface area contributed by atoms with E-state index in [1.54, 1.807) is 70.6 Å². The van der Waals surface area contributed by atoms with Crippen LogP contribution < -0.4 is 0 Å². The summed E-state index contributed by atoms with van der Waals surface area (Å²) in [5, 5.41) is 0. The van der Waals surface area contributed by atoms with Crippen LogP contribution >= 0.6 is 0 Å². The highest BCUT2D eigenvalue weighted by molar-refractivity contribution is 5.12. The van der Waals surface area contributed by atoms with Gasteiger partial charge in [-0.3, -0.25) is 0 Å². The third-order valence-corrected chi connectivity index (χ3v) is 17.9. The van der Waals surface area contributed by atoms with E-state index in [0.717, 1.165) is 82.9 Å². The summed E-state index contributed by atoms with van der Waals surface area (Å²) < 4.78 is 0. The van der Waals surface area contributed by atoms with E-state index in [9.17, 15) is 0 Å². The normalized spacial score (nSPS) is 49.5. The molecule has 10 saturated carbocycles. The lowest BCUT2D eigenvalue weighted by Crippen LogP contribution is -2.35. The third kappa shape index (κ3) is 8.86. The van der Waals surface area contributed by atoms with Crippen molar-refractivity contribution in [2.45, 2.75) is 208 Å². The molecule has 0 heteroatoms. The summed E-state index contributed by atoms with van der Waals surface area (Å²) in [7, 11) is 0. The van der Waals surface area contributed by atoms with Gasteiger partial charge in [-0.1, -0.05) is 144 Å². The van der Waals surface area contributed by atoms with Crippen molar-refractivity contribution >= 4 is 0 Å². The second-order valence-electron chi connectivity index (χ2n) is 18.2. The molecule has 0 aromatic rings. The van der Waals surface area contributed by atoms with Crippen LogP contribution in [0.25, 0.3) is 0 Å². The third-order valence-electron chi connectivity index (χ3n) is 17.9. The van der Waals surface area contributed by atoms with Gasteiger partial charge in [0.2, 0.25) is 0 Å². The van der Waals surface area contributed by atoms with E-state index in [4.69, 9.17) is 0 Å². The highest BCUT2D eigenvalue weighted by Gasteiger charge is 2.63. The van der Waals surface area contributed by atoms with E-state index in [-0.39, 0.29) is 0 Å². The Balaban J connectivity index is 0.000000232. The van der Waals surface area contributed by atoms with E-state index < -0.39 is 0 Å². The van der Waals surface area contributed by atoms with Gasteiger partial charge in [0, 0.05) is 0 Å². The molecular weight excluding hydrogens is 613 g/mol. The molecule has 51 heavy (non-hydrogen) atoms. The molecule has 0 aromatic carbocycles. The average molecular weight is 713 g/mol. The number of rotatable bonds is 0. The lowest BCUT2D eigenvalue weighted by molar-refractivity contribution is 0.0716. The maximum atomic E-state index is 2.54. The van der Waals surface area contributed by atoms with Crippen molar-refractivity contribution in [2.24, 2.45) is 118 Å². The van der Waals surface area contributed by atoms with Crippen LogP contribution in [0.2, 0.25) is 0 Å².